The number of alkyl halides is 6. The molecule has 1 aliphatic rings. The Kier molecular flexibility index (Phi) is 6.77. The minimum atomic E-state index is -4.75. The number of carbonyl (C=O) groups is 1. The topological polar surface area (TPSA) is 90.1 Å². The maximum atomic E-state index is 12.8. The summed E-state index contributed by atoms with van der Waals surface area (Å²) in [4.78, 5) is 31.0. The van der Waals surface area contributed by atoms with Gasteiger partial charge in [-0.1, -0.05) is 6.07 Å². The molecule has 1 aromatic heterocycles. The number of aromatic nitrogens is 2. The molecule has 13 heteroatoms. The van der Waals surface area contributed by atoms with Gasteiger partial charge in [-0.2, -0.15) is 26.3 Å². The van der Waals surface area contributed by atoms with Crippen LogP contribution in [0, 0.1) is 0 Å². The molecule has 3 rings (SSSR count). The largest absolute Gasteiger partial charge is 0.433 e. The van der Waals surface area contributed by atoms with Crippen LogP contribution < -0.4 is 16.2 Å². The van der Waals surface area contributed by atoms with Crippen molar-refractivity contribution in [2.75, 3.05) is 30.3 Å². The molecule has 2 aromatic rings. The molecule has 0 radical (unpaired) electrons. The Morgan fingerprint density at radius 2 is 1.78 bits per heavy atom. The molecule has 3 N–H and O–H groups in total. The SMILES string of the molecule is O=C(CN1CCC(Nc2nc(C(F)(F)F)cc(=O)[nH]2)CC1)Nc1cccc(C(F)(F)F)c1. The van der Waals surface area contributed by atoms with Gasteiger partial charge >= 0.3 is 12.4 Å². The van der Waals surface area contributed by atoms with Crippen molar-refractivity contribution in [2.45, 2.75) is 31.2 Å². The van der Waals surface area contributed by atoms with Crippen molar-refractivity contribution in [2.24, 2.45) is 0 Å². The number of anilines is 2. The van der Waals surface area contributed by atoms with Crippen LogP contribution in [0.15, 0.2) is 35.1 Å². The summed E-state index contributed by atoms with van der Waals surface area (Å²) in [7, 11) is 0. The summed E-state index contributed by atoms with van der Waals surface area (Å²) in [5.41, 5.74) is -3.07. The standard InChI is InChI=1S/C19H19F6N5O2/c20-18(21,22)11-2-1-3-13(8-11)26-16(32)10-30-6-4-12(5-7-30)27-17-28-14(19(23,24)25)9-15(31)29-17/h1-3,8-9,12H,4-7,10H2,(H,26,32)(H2,27,28,29,31). The second-order valence-corrected chi connectivity index (χ2v) is 7.30. The van der Waals surface area contributed by atoms with Gasteiger partial charge in [0.15, 0.2) is 5.69 Å². The molecule has 0 aliphatic carbocycles. The minimum Gasteiger partial charge on any atom is -0.353 e. The van der Waals surface area contributed by atoms with Crippen LogP contribution in [0.3, 0.4) is 0 Å². The number of nitrogens with one attached hydrogen (secondary N) is 3. The molecule has 32 heavy (non-hydrogen) atoms. The average Bonchev–Trinajstić information content (AvgIpc) is 2.68. The summed E-state index contributed by atoms with van der Waals surface area (Å²) >= 11 is 0. The van der Waals surface area contributed by atoms with Gasteiger partial charge < -0.3 is 10.6 Å². The van der Waals surface area contributed by atoms with E-state index in [4.69, 9.17) is 0 Å². The number of hydrogen-bond acceptors (Lipinski definition) is 5. The molecule has 1 fully saturated rings. The van der Waals surface area contributed by atoms with Crippen LogP contribution >= 0.6 is 0 Å². The van der Waals surface area contributed by atoms with Crippen molar-refractivity contribution in [1.29, 1.82) is 0 Å². The number of benzene rings is 1. The Balaban J connectivity index is 1.51. The van der Waals surface area contributed by atoms with E-state index in [0.717, 1.165) is 12.1 Å². The third-order valence-corrected chi connectivity index (χ3v) is 4.80. The number of amides is 1. The highest BCUT2D eigenvalue weighted by Gasteiger charge is 2.34. The van der Waals surface area contributed by atoms with Gasteiger partial charge in [-0.25, -0.2) is 4.98 Å². The molecule has 1 amide bonds. The fraction of sp³-hybridized carbons (Fsp3) is 0.421. The van der Waals surface area contributed by atoms with E-state index in [1.165, 1.54) is 12.1 Å². The maximum Gasteiger partial charge on any atom is 0.433 e. The summed E-state index contributed by atoms with van der Waals surface area (Å²) in [5, 5.41) is 5.19. The number of rotatable bonds is 5. The second-order valence-electron chi connectivity index (χ2n) is 7.30. The van der Waals surface area contributed by atoms with E-state index < -0.39 is 35.1 Å². The van der Waals surface area contributed by atoms with Crippen molar-refractivity contribution >= 4 is 17.5 Å². The monoisotopic (exact) mass is 463 g/mol. The van der Waals surface area contributed by atoms with Gasteiger partial charge in [0.2, 0.25) is 11.9 Å². The highest BCUT2D eigenvalue weighted by molar-refractivity contribution is 5.92. The van der Waals surface area contributed by atoms with Gasteiger partial charge in [0.1, 0.15) is 0 Å². The Morgan fingerprint density at radius 3 is 2.41 bits per heavy atom. The number of likely N-dealkylation sites (tertiary alicyclic amines) is 1. The zero-order valence-corrected chi connectivity index (χ0v) is 16.5. The quantitative estimate of drug-likeness (QED) is 0.592. The third kappa shape index (κ3) is 6.45. The summed E-state index contributed by atoms with van der Waals surface area (Å²) in [6.07, 6.45) is -8.36. The molecular formula is C19H19F6N5O2. The van der Waals surface area contributed by atoms with Crippen molar-refractivity contribution in [3.05, 3.63) is 51.9 Å². The minimum absolute atomic E-state index is 0.0287. The van der Waals surface area contributed by atoms with Crippen LogP contribution in [0.2, 0.25) is 0 Å². The predicted octanol–water partition coefficient (Wildman–Crippen LogP) is 3.32. The van der Waals surface area contributed by atoms with E-state index in [1.54, 1.807) is 4.90 Å². The first-order valence-electron chi connectivity index (χ1n) is 9.55. The van der Waals surface area contributed by atoms with E-state index in [9.17, 15) is 35.9 Å². The van der Waals surface area contributed by atoms with E-state index in [-0.39, 0.29) is 24.2 Å². The molecule has 1 aliphatic heterocycles. The van der Waals surface area contributed by atoms with E-state index in [2.05, 4.69) is 20.6 Å². The second kappa shape index (κ2) is 9.18. The molecule has 1 saturated heterocycles. The van der Waals surface area contributed by atoms with Gasteiger partial charge in [0.05, 0.1) is 12.1 Å². The van der Waals surface area contributed by atoms with Crippen molar-refractivity contribution in [3.63, 3.8) is 0 Å². The van der Waals surface area contributed by atoms with Crippen LogP contribution in [-0.4, -0.2) is 46.5 Å². The van der Waals surface area contributed by atoms with Gasteiger partial charge in [-0.05, 0) is 31.0 Å². The zero-order valence-electron chi connectivity index (χ0n) is 16.5. The lowest BCUT2D eigenvalue weighted by atomic mass is 10.1. The first-order valence-corrected chi connectivity index (χ1v) is 9.55. The molecule has 174 valence electrons. The number of aromatic amines is 1. The van der Waals surface area contributed by atoms with E-state index in [0.29, 0.717) is 32.0 Å². The molecule has 0 unspecified atom stereocenters. The van der Waals surface area contributed by atoms with E-state index in [1.807, 2.05) is 0 Å². The van der Waals surface area contributed by atoms with Crippen LogP contribution in [0.25, 0.3) is 0 Å². The Bertz CT molecular complexity index is 1010. The van der Waals surface area contributed by atoms with Crippen molar-refractivity contribution < 1.29 is 31.1 Å². The van der Waals surface area contributed by atoms with Gasteiger partial charge in [-0.3, -0.25) is 19.5 Å². The summed E-state index contributed by atoms with van der Waals surface area (Å²) < 4.78 is 76.7. The molecular weight excluding hydrogens is 444 g/mol. The number of piperidine rings is 1. The van der Waals surface area contributed by atoms with E-state index >= 15 is 0 Å². The summed E-state index contributed by atoms with van der Waals surface area (Å²) in [6, 6.07) is 4.39. The van der Waals surface area contributed by atoms with Gasteiger partial charge in [0.25, 0.3) is 5.56 Å². The maximum absolute atomic E-state index is 12.8. The lowest BCUT2D eigenvalue weighted by Crippen LogP contribution is -2.43. The highest BCUT2D eigenvalue weighted by atomic mass is 19.4. The average molecular weight is 463 g/mol. The molecule has 0 bridgehead atoms. The predicted molar refractivity (Wildman–Crippen MR) is 103 cm³/mol. The first kappa shape index (κ1) is 23.6. The molecule has 7 nitrogen and oxygen atoms in total. The number of halogens is 6. The Hall–Kier alpha value is -3.09. The van der Waals surface area contributed by atoms with Crippen LogP contribution in [0.4, 0.5) is 38.0 Å². The number of nitrogens with zero attached hydrogens (tertiary/aromatic N) is 2. The summed E-state index contributed by atoms with van der Waals surface area (Å²) in [6.45, 7) is 0.773. The lowest BCUT2D eigenvalue weighted by Gasteiger charge is -2.32. The van der Waals surface area contributed by atoms with Gasteiger partial charge in [-0.15, -0.1) is 0 Å². The molecule has 2 heterocycles. The van der Waals surface area contributed by atoms with Crippen LogP contribution in [0.1, 0.15) is 24.1 Å². The zero-order chi connectivity index (χ0) is 23.5. The molecule has 1 aromatic carbocycles. The lowest BCUT2D eigenvalue weighted by molar-refractivity contribution is -0.141. The fourth-order valence-electron chi connectivity index (χ4n) is 3.28. The molecule has 0 atom stereocenters. The number of H-pyrrole nitrogens is 1. The summed E-state index contributed by atoms with van der Waals surface area (Å²) in [5.74, 6) is -0.773. The third-order valence-electron chi connectivity index (χ3n) is 4.80. The van der Waals surface area contributed by atoms with Crippen LogP contribution in [-0.2, 0) is 17.1 Å². The Labute approximate surface area is 177 Å². The number of carbonyl (C=O) groups excluding carboxylic acids is 1. The number of hydrogen-bond donors (Lipinski definition) is 3. The fourth-order valence-corrected chi connectivity index (χ4v) is 3.28. The highest BCUT2D eigenvalue weighted by Crippen LogP contribution is 2.30. The normalized spacial score (nSPS) is 16.1. The van der Waals surface area contributed by atoms with Crippen molar-refractivity contribution in [3.8, 4) is 0 Å². The molecule has 0 spiro atoms. The smallest absolute Gasteiger partial charge is 0.353 e. The molecule has 0 saturated carbocycles. The first-order chi connectivity index (χ1) is 14.9. The van der Waals surface area contributed by atoms with Gasteiger partial charge in [0, 0.05) is 30.9 Å². The van der Waals surface area contributed by atoms with Crippen molar-refractivity contribution in [1.82, 2.24) is 14.9 Å². The van der Waals surface area contributed by atoms with Crippen LogP contribution in [0.5, 0.6) is 0 Å². The Morgan fingerprint density at radius 1 is 1.09 bits per heavy atom.